The zero-order valence-electron chi connectivity index (χ0n) is 8.08. The van der Waals surface area contributed by atoms with Gasteiger partial charge in [0.1, 0.15) is 0 Å². The lowest BCUT2D eigenvalue weighted by Crippen LogP contribution is -2.39. The number of nitrogens with one attached hydrogen (secondary N) is 1. The van der Waals surface area contributed by atoms with E-state index in [-0.39, 0.29) is 5.91 Å². The fourth-order valence-electron chi connectivity index (χ4n) is 1.67. The van der Waals surface area contributed by atoms with Crippen molar-refractivity contribution < 1.29 is 4.79 Å². The van der Waals surface area contributed by atoms with Gasteiger partial charge in [-0.05, 0) is 25.1 Å². The van der Waals surface area contributed by atoms with Crippen molar-refractivity contribution in [1.29, 1.82) is 0 Å². The number of amides is 1. The van der Waals surface area contributed by atoms with E-state index in [4.69, 9.17) is 5.73 Å². The Bertz CT molecular complexity index is 376. The van der Waals surface area contributed by atoms with Crippen LogP contribution in [-0.2, 0) is 4.79 Å². The van der Waals surface area contributed by atoms with Crippen LogP contribution in [0.25, 0.3) is 0 Å². The number of rotatable bonds is 1. The highest BCUT2D eigenvalue weighted by atomic mass is 16.2. The average Bonchev–Trinajstić information content (AvgIpc) is 2.17. The van der Waals surface area contributed by atoms with Gasteiger partial charge in [-0.1, -0.05) is 0 Å². The van der Waals surface area contributed by atoms with Gasteiger partial charge in [0.15, 0.2) is 0 Å². The minimum Gasteiger partial charge on any atom is -0.399 e. The van der Waals surface area contributed by atoms with Gasteiger partial charge in [-0.3, -0.25) is 4.79 Å². The zero-order chi connectivity index (χ0) is 10.1. The Kier molecular flexibility index (Phi) is 2.04. The van der Waals surface area contributed by atoms with Gasteiger partial charge < -0.3 is 16.0 Å². The van der Waals surface area contributed by atoms with Crippen LogP contribution >= 0.6 is 0 Å². The van der Waals surface area contributed by atoms with E-state index >= 15 is 0 Å². The number of fused-ring (bicyclic) bond motifs is 1. The standard InChI is InChI=1S/C10H13N3O/c1-2-13-9-5-7(11)3-4-8(9)12-6-10(13)14/h3-5,12H,2,6,11H2,1H3. The topological polar surface area (TPSA) is 58.4 Å². The van der Waals surface area contributed by atoms with Crippen molar-refractivity contribution in [2.24, 2.45) is 0 Å². The zero-order valence-corrected chi connectivity index (χ0v) is 8.08. The first-order valence-corrected chi connectivity index (χ1v) is 4.66. The molecule has 1 amide bonds. The number of carbonyl (C=O) groups is 1. The maximum Gasteiger partial charge on any atom is 0.246 e. The quantitative estimate of drug-likeness (QED) is 0.652. The first-order valence-electron chi connectivity index (χ1n) is 4.66. The molecule has 0 spiro atoms. The van der Waals surface area contributed by atoms with Crippen LogP contribution in [0.4, 0.5) is 17.1 Å². The lowest BCUT2D eigenvalue weighted by Gasteiger charge is -2.29. The van der Waals surface area contributed by atoms with E-state index in [1.54, 1.807) is 4.90 Å². The summed E-state index contributed by atoms with van der Waals surface area (Å²) >= 11 is 0. The van der Waals surface area contributed by atoms with Crippen LogP contribution in [0.15, 0.2) is 18.2 Å². The molecule has 4 nitrogen and oxygen atoms in total. The van der Waals surface area contributed by atoms with Gasteiger partial charge in [-0.15, -0.1) is 0 Å². The van der Waals surface area contributed by atoms with E-state index in [0.717, 1.165) is 11.4 Å². The molecule has 74 valence electrons. The highest BCUT2D eigenvalue weighted by Crippen LogP contribution is 2.30. The predicted molar refractivity (Wildman–Crippen MR) is 57.4 cm³/mol. The van der Waals surface area contributed by atoms with Crippen LogP contribution in [0, 0.1) is 0 Å². The maximum atomic E-state index is 11.5. The summed E-state index contributed by atoms with van der Waals surface area (Å²) in [4.78, 5) is 13.3. The molecular weight excluding hydrogens is 178 g/mol. The molecule has 0 atom stereocenters. The fourth-order valence-corrected chi connectivity index (χ4v) is 1.67. The second-order valence-electron chi connectivity index (χ2n) is 3.27. The van der Waals surface area contributed by atoms with Crippen LogP contribution in [0.3, 0.4) is 0 Å². The fraction of sp³-hybridized carbons (Fsp3) is 0.300. The number of nitrogens with two attached hydrogens (primary N) is 1. The third-order valence-corrected chi connectivity index (χ3v) is 2.36. The molecule has 0 bridgehead atoms. The van der Waals surface area contributed by atoms with Crippen LogP contribution in [0.5, 0.6) is 0 Å². The molecule has 1 aromatic carbocycles. The van der Waals surface area contributed by atoms with E-state index in [9.17, 15) is 4.79 Å². The normalized spacial score (nSPS) is 14.9. The lowest BCUT2D eigenvalue weighted by molar-refractivity contribution is -0.117. The largest absolute Gasteiger partial charge is 0.399 e. The van der Waals surface area contributed by atoms with Crippen LogP contribution in [0.2, 0.25) is 0 Å². The van der Waals surface area contributed by atoms with Gasteiger partial charge in [0.2, 0.25) is 5.91 Å². The Balaban J connectivity index is 2.49. The van der Waals surface area contributed by atoms with Gasteiger partial charge in [0.05, 0.1) is 17.9 Å². The molecule has 1 aliphatic heterocycles. The second kappa shape index (κ2) is 3.21. The lowest BCUT2D eigenvalue weighted by atomic mass is 10.1. The van der Waals surface area contributed by atoms with Gasteiger partial charge in [0.25, 0.3) is 0 Å². The highest BCUT2D eigenvalue weighted by molar-refractivity contribution is 6.03. The Labute approximate surface area is 82.7 Å². The molecule has 0 aliphatic carbocycles. The first-order chi connectivity index (χ1) is 6.72. The minimum absolute atomic E-state index is 0.0885. The second-order valence-corrected chi connectivity index (χ2v) is 3.27. The van der Waals surface area contributed by atoms with E-state index in [2.05, 4.69) is 5.32 Å². The molecule has 1 heterocycles. The molecule has 1 aliphatic rings. The summed E-state index contributed by atoms with van der Waals surface area (Å²) in [7, 11) is 0. The number of hydrogen-bond acceptors (Lipinski definition) is 3. The number of likely N-dealkylation sites (N-methyl/N-ethyl adjacent to an activating group) is 1. The molecule has 0 saturated heterocycles. The summed E-state index contributed by atoms with van der Waals surface area (Å²) in [5, 5.41) is 3.06. The first kappa shape index (κ1) is 8.87. The summed E-state index contributed by atoms with van der Waals surface area (Å²) in [6.07, 6.45) is 0. The van der Waals surface area contributed by atoms with Gasteiger partial charge in [-0.2, -0.15) is 0 Å². The van der Waals surface area contributed by atoms with E-state index in [1.807, 2.05) is 25.1 Å². The monoisotopic (exact) mass is 191 g/mol. The average molecular weight is 191 g/mol. The third kappa shape index (κ3) is 1.28. The Morgan fingerprint density at radius 3 is 3.07 bits per heavy atom. The number of nitrogens with zero attached hydrogens (tertiary/aromatic N) is 1. The van der Waals surface area contributed by atoms with Crippen molar-refractivity contribution in [1.82, 2.24) is 0 Å². The molecule has 0 saturated carbocycles. The molecule has 14 heavy (non-hydrogen) atoms. The van der Waals surface area contributed by atoms with Gasteiger partial charge >= 0.3 is 0 Å². The molecule has 3 N–H and O–H groups in total. The Morgan fingerprint density at radius 1 is 1.57 bits per heavy atom. The number of hydrogen-bond donors (Lipinski definition) is 2. The molecule has 0 unspecified atom stereocenters. The van der Waals surface area contributed by atoms with Crippen molar-refractivity contribution in [3.8, 4) is 0 Å². The smallest absolute Gasteiger partial charge is 0.246 e. The number of anilines is 3. The Hall–Kier alpha value is -1.71. The van der Waals surface area contributed by atoms with Gasteiger partial charge in [-0.25, -0.2) is 0 Å². The van der Waals surface area contributed by atoms with Crippen LogP contribution in [-0.4, -0.2) is 19.0 Å². The van der Waals surface area contributed by atoms with E-state index < -0.39 is 0 Å². The summed E-state index contributed by atoms with van der Waals surface area (Å²) in [6.45, 7) is 3.00. The molecule has 0 radical (unpaired) electrons. The summed E-state index contributed by atoms with van der Waals surface area (Å²) < 4.78 is 0. The van der Waals surface area contributed by atoms with Crippen LogP contribution in [0.1, 0.15) is 6.92 Å². The Morgan fingerprint density at radius 2 is 2.36 bits per heavy atom. The third-order valence-electron chi connectivity index (χ3n) is 2.36. The SMILES string of the molecule is CCN1C(=O)CNc2ccc(N)cc21. The minimum atomic E-state index is 0.0885. The van der Waals surface area contributed by atoms with Crippen molar-refractivity contribution in [3.05, 3.63) is 18.2 Å². The van der Waals surface area contributed by atoms with E-state index in [0.29, 0.717) is 18.8 Å². The van der Waals surface area contributed by atoms with Crippen molar-refractivity contribution in [2.75, 3.05) is 29.0 Å². The summed E-state index contributed by atoms with van der Waals surface area (Å²) in [5.41, 5.74) is 8.21. The maximum absolute atomic E-state index is 11.5. The van der Waals surface area contributed by atoms with Crippen molar-refractivity contribution >= 4 is 23.0 Å². The number of benzene rings is 1. The molecule has 1 aromatic rings. The number of nitrogen functional groups attached to an aromatic ring is 1. The summed E-state index contributed by atoms with van der Waals surface area (Å²) in [5.74, 6) is 0.0885. The van der Waals surface area contributed by atoms with Gasteiger partial charge in [0, 0.05) is 12.2 Å². The highest BCUT2D eigenvalue weighted by Gasteiger charge is 2.21. The molecule has 0 aromatic heterocycles. The van der Waals surface area contributed by atoms with E-state index in [1.165, 1.54) is 0 Å². The van der Waals surface area contributed by atoms with Crippen molar-refractivity contribution in [2.45, 2.75) is 6.92 Å². The molecular formula is C10H13N3O. The van der Waals surface area contributed by atoms with Crippen molar-refractivity contribution in [3.63, 3.8) is 0 Å². The molecule has 0 fully saturated rings. The molecule has 4 heteroatoms. The van der Waals surface area contributed by atoms with Crippen LogP contribution < -0.4 is 16.0 Å². The predicted octanol–water partition coefficient (Wildman–Crippen LogP) is 1.05. The molecule has 2 rings (SSSR count). The number of carbonyl (C=O) groups excluding carboxylic acids is 1. The summed E-state index contributed by atoms with van der Waals surface area (Å²) in [6, 6.07) is 5.55.